The van der Waals surface area contributed by atoms with Gasteiger partial charge in [0.15, 0.2) is 0 Å². The summed E-state index contributed by atoms with van der Waals surface area (Å²) in [4.78, 5) is 24.4. The van der Waals surface area contributed by atoms with Crippen LogP contribution >= 0.6 is 0 Å². The van der Waals surface area contributed by atoms with E-state index in [2.05, 4.69) is 15.8 Å². The predicted molar refractivity (Wildman–Crippen MR) is 129 cm³/mol. The summed E-state index contributed by atoms with van der Waals surface area (Å²) in [5.41, 5.74) is 6.34. The van der Waals surface area contributed by atoms with E-state index in [-0.39, 0.29) is 0 Å². The normalized spacial score (nSPS) is 10.9. The standard InChI is InChI=1S/C26H27N3O4/c1-4-32-24-8-6-5-7-23(24)27-25(30)26(31)29-28-19(3)21-13-15-22(16-14-21)33-17-20-11-9-18(2)10-12-20/h5-16H,4,17H2,1-3H3,(H,27,30)(H,29,31). The number of aryl methyl sites for hydroxylation is 1. The van der Waals surface area contributed by atoms with Crippen LogP contribution in [0.3, 0.4) is 0 Å². The molecule has 0 atom stereocenters. The minimum absolute atomic E-state index is 0.418. The van der Waals surface area contributed by atoms with Crippen molar-refractivity contribution in [3.05, 3.63) is 89.5 Å². The van der Waals surface area contributed by atoms with E-state index in [4.69, 9.17) is 9.47 Å². The number of hydrazone groups is 1. The summed E-state index contributed by atoms with van der Waals surface area (Å²) in [6, 6.07) is 22.4. The zero-order chi connectivity index (χ0) is 23.6. The van der Waals surface area contributed by atoms with Gasteiger partial charge in [0.1, 0.15) is 18.1 Å². The fraction of sp³-hybridized carbons (Fsp3) is 0.192. The number of hydrogen-bond acceptors (Lipinski definition) is 5. The number of nitrogens with zero attached hydrogens (tertiary/aromatic N) is 1. The van der Waals surface area contributed by atoms with Gasteiger partial charge in [-0.15, -0.1) is 0 Å². The molecule has 0 aliphatic carbocycles. The number of para-hydroxylation sites is 2. The van der Waals surface area contributed by atoms with E-state index in [1.54, 1.807) is 31.2 Å². The minimum Gasteiger partial charge on any atom is -0.492 e. The monoisotopic (exact) mass is 445 g/mol. The van der Waals surface area contributed by atoms with E-state index in [1.807, 2.05) is 62.4 Å². The van der Waals surface area contributed by atoms with Gasteiger partial charge >= 0.3 is 11.8 Å². The van der Waals surface area contributed by atoms with E-state index in [1.165, 1.54) is 5.56 Å². The maximum Gasteiger partial charge on any atom is 0.329 e. The highest BCUT2D eigenvalue weighted by molar-refractivity contribution is 6.39. The molecule has 0 spiro atoms. The van der Waals surface area contributed by atoms with Gasteiger partial charge in [0, 0.05) is 0 Å². The molecule has 2 amide bonds. The molecule has 7 heteroatoms. The van der Waals surface area contributed by atoms with Crippen molar-refractivity contribution in [2.24, 2.45) is 5.10 Å². The number of rotatable bonds is 8. The average Bonchev–Trinajstić information content (AvgIpc) is 2.83. The van der Waals surface area contributed by atoms with Gasteiger partial charge in [-0.3, -0.25) is 9.59 Å². The lowest BCUT2D eigenvalue weighted by molar-refractivity contribution is -0.136. The van der Waals surface area contributed by atoms with Gasteiger partial charge in [-0.05, 0) is 68.3 Å². The molecule has 0 aliphatic heterocycles. The van der Waals surface area contributed by atoms with Crippen LogP contribution in [0.25, 0.3) is 0 Å². The summed E-state index contributed by atoms with van der Waals surface area (Å²) >= 11 is 0. The second-order valence-electron chi connectivity index (χ2n) is 7.32. The molecule has 0 heterocycles. The van der Waals surface area contributed by atoms with Crippen LogP contribution < -0.4 is 20.2 Å². The van der Waals surface area contributed by atoms with Gasteiger partial charge in [0.05, 0.1) is 18.0 Å². The molecule has 0 saturated heterocycles. The van der Waals surface area contributed by atoms with Crippen molar-refractivity contribution in [3.63, 3.8) is 0 Å². The van der Waals surface area contributed by atoms with Crippen molar-refractivity contribution in [1.29, 1.82) is 0 Å². The summed E-state index contributed by atoms with van der Waals surface area (Å²) in [5, 5.41) is 6.57. The second kappa shape index (κ2) is 11.5. The Labute approximate surface area is 193 Å². The third-order valence-corrected chi connectivity index (χ3v) is 4.76. The first-order valence-corrected chi connectivity index (χ1v) is 10.6. The highest BCUT2D eigenvalue weighted by atomic mass is 16.5. The van der Waals surface area contributed by atoms with E-state index in [0.717, 1.165) is 16.9 Å². The van der Waals surface area contributed by atoms with Gasteiger partial charge in [-0.25, -0.2) is 5.43 Å². The van der Waals surface area contributed by atoms with Gasteiger partial charge in [-0.2, -0.15) is 5.10 Å². The molecule has 0 bridgehead atoms. The summed E-state index contributed by atoms with van der Waals surface area (Å²) in [6.45, 7) is 6.54. The van der Waals surface area contributed by atoms with Crippen molar-refractivity contribution >= 4 is 23.2 Å². The number of amides is 2. The van der Waals surface area contributed by atoms with Crippen LogP contribution in [-0.4, -0.2) is 24.1 Å². The van der Waals surface area contributed by atoms with Gasteiger partial charge in [0.2, 0.25) is 0 Å². The van der Waals surface area contributed by atoms with Crippen molar-refractivity contribution in [3.8, 4) is 11.5 Å². The quantitative estimate of drug-likeness (QED) is 0.305. The Kier molecular flexibility index (Phi) is 8.18. The Hall–Kier alpha value is -4.13. The smallest absolute Gasteiger partial charge is 0.329 e. The second-order valence-corrected chi connectivity index (χ2v) is 7.32. The molecule has 33 heavy (non-hydrogen) atoms. The van der Waals surface area contributed by atoms with Crippen molar-refractivity contribution in [2.45, 2.75) is 27.4 Å². The van der Waals surface area contributed by atoms with Crippen LogP contribution in [0, 0.1) is 6.92 Å². The van der Waals surface area contributed by atoms with Gasteiger partial charge < -0.3 is 14.8 Å². The van der Waals surface area contributed by atoms with Crippen LogP contribution in [-0.2, 0) is 16.2 Å². The molecular weight excluding hydrogens is 418 g/mol. The van der Waals surface area contributed by atoms with E-state index < -0.39 is 11.8 Å². The molecule has 170 valence electrons. The minimum atomic E-state index is -0.876. The van der Waals surface area contributed by atoms with Crippen molar-refractivity contribution < 1.29 is 19.1 Å². The molecule has 0 unspecified atom stereocenters. The number of ether oxygens (including phenoxy) is 2. The lowest BCUT2D eigenvalue weighted by atomic mass is 10.1. The summed E-state index contributed by atoms with van der Waals surface area (Å²) in [6.07, 6.45) is 0. The molecule has 7 nitrogen and oxygen atoms in total. The molecule has 0 radical (unpaired) electrons. The third kappa shape index (κ3) is 6.93. The van der Waals surface area contributed by atoms with Crippen molar-refractivity contribution in [1.82, 2.24) is 5.43 Å². The number of carbonyl (C=O) groups is 2. The SMILES string of the molecule is CCOc1ccccc1NC(=O)C(=O)NN=C(C)c1ccc(OCc2ccc(C)cc2)cc1. The zero-order valence-electron chi connectivity index (χ0n) is 18.9. The largest absolute Gasteiger partial charge is 0.492 e. The summed E-state index contributed by atoms with van der Waals surface area (Å²) in [5.74, 6) is -0.494. The topological polar surface area (TPSA) is 89.0 Å². The van der Waals surface area contributed by atoms with Gasteiger partial charge in [-0.1, -0.05) is 42.0 Å². The number of benzene rings is 3. The first-order chi connectivity index (χ1) is 16.0. The molecule has 0 saturated carbocycles. The zero-order valence-corrected chi connectivity index (χ0v) is 18.9. The number of carbonyl (C=O) groups excluding carboxylic acids is 2. The molecule has 3 rings (SSSR count). The molecule has 3 aromatic rings. The van der Waals surface area contributed by atoms with E-state index >= 15 is 0 Å². The van der Waals surface area contributed by atoms with Crippen LogP contribution in [0.5, 0.6) is 11.5 Å². The molecule has 0 aliphatic rings. The van der Waals surface area contributed by atoms with Crippen LogP contribution in [0.1, 0.15) is 30.5 Å². The van der Waals surface area contributed by atoms with Crippen molar-refractivity contribution in [2.75, 3.05) is 11.9 Å². The number of nitrogens with one attached hydrogen (secondary N) is 2. The van der Waals surface area contributed by atoms with Crippen LogP contribution in [0.15, 0.2) is 77.9 Å². The summed E-state index contributed by atoms with van der Waals surface area (Å²) in [7, 11) is 0. The maximum atomic E-state index is 12.2. The van der Waals surface area contributed by atoms with Crippen LogP contribution in [0.4, 0.5) is 5.69 Å². The molecule has 0 fully saturated rings. The molecule has 0 aromatic heterocycles. The summed E-state index contributed by atoms with van der Waals surface area (Å²) < 4.78 is 11.3. The van der Waals surface area contributed by atoms with Crippen LogP contribution in [0.2, 0.25) is 0 Å². The molecular formula is C26H27N3O4. The number of hydrogen-bond donors (Lipinski definition) is 2. The van der Waals surface area contributed by atoms with E-state index in [0.29, 0.717) is 30.4 Å². The Morgan fingerprint density at radius 1 is 0.879 bits per heavy atom. The average molecular weight is 446 g/mol. The highest BCUT2D eigenvalue weighted by Crippen LogP contribution is 2.23. The fourth-order valence-corrected chi connectivity index (χ4v) is 2.92. The predicted octanol–water partition coefficient (Wildman–Crippen LogP) is 4.45. The lowest BCUT2D eigenvalue weighted by Gasteiger charge is -2.10. The van der Waals surface area contributed by atoms with E-state index in [9.17, 15) is 9.59 Å². The maximum absolute atomic E-state index is 12.2. The Morgan fingerprint density at radius 3 is 2.27 bits per heavy atom. The third-order valence-electron chi connectivity index (χ3n) is 4.76. The Balaban J connectivity index is 1.53. The number of anilines is 1. The first kappa shape index (κ1) is 23.5. The lowest BCUT2D eigenvalue weighted by Crippen LogP contribution is -2.33. The highest BCUT2D eigenvalue weighted by Gasteiger charge is 2.15. The van der Waals surface area contributed by atoms with Gasteiger partial charge in [0.25, 0.3) is 0 Å². The molecule has 3 aromatic carbocycles. The Morgan fingerprint density at radius 2 is 1.58 bits per heavy atom. The Bertz CT molecular complexity index is 1120. The first-order valence-electron chi connectivity index (χ1n) is 10.6. The molecule has 2 N–H and O–H groups in total. The fourth-order valence-electron chi connectivity index (χ4n) is 2.92.